The first-order valence-electron chi connectivity index (χ1n) is 14.5. The molecular formula is C32H38ClN7O2. The van der Waals surface area contributed by atoms with Crippen LogP contribution < -0.4 is 0 Å². The summed E-state index contributed by atoms with van der Waals surface area (Å²) in [6, 6.07) is 6.35. The van der Waals surface area contributed by atoms with E-state index in [9.17, 15) is 9.90 Å². The van der Waals surface area contributed by atoms with Crippen molar-refractivity contribution in [1.29, 1.82) is 0 Å². The number of aliphatic hydroxyl groups is 1. The van der Waals surface area contributed by atoms with Crippen LogP contribution in [0.2, 0.25) is 0 Å². The molecule has 220 valence electrons. The zero-order chi connectivity index (χ0) is 30.0. The number of likely N-dealkylation sites (tertiary alicyclic amines) is 1. The van der Waals surface area contributed by atoms with E-state index in [2.05, 4.69) is 65.5 Å². The zero-order valence-corrected chi connectivity index (χ0v) is 25.6. The number of benzene rings is 1. The van der Waals surface area contributed by atoms with Crippen LogP contribution in [0.15, 0.2) is 48.8 Å². The number of allylic oxidation sites excluding steroid dienone is 1. The highest BCUT2D eigenvalue weighted by Crippen LogP contribution is 2.50. The number of halogens is 1. The molecule has 1 saturated heterocycles. The third kappa shape index (κ3) is 4.68. The highest BCUT2D eigenvalue weighted by Gasteiger charge is 2.47. The summed E-state index contributed by atoms with van der Waals surface area (Å²) in [6.45, 7) is 15.3. The molecular weight excluding hydrogens is 550 g/mol. The minimum absolute atomic E-state index is 0.0279. The molecule has 0 radical (unpaired) electrons. The van der Waals surface area contributed by atoms with E-state index < -0.39 is 11.0 Å². The molecule has 6 rings (SSSR count). The molecule has 1 aliphatic heterocycles. The van der Waals surface area contributed by atoms with Crippen molar-refractivity contribution in [3.05, 3.63) is 71.3 Å². The smallest absolute Gasteiger partial charge is 0.245 e. The van der Waals surface area contributed by atoms with Gasteiger partial charge in [0.25, 0.3) is 0 Å². The van der Waals surface area contributed by atoms with Gasteiger partial charge in [0.15, 0.2) is 0 Å². The molecule has 1 fully saturated rings. The standard InChI is InChI=1S/C32H38ClN7O2/c1-7-27(41)38-12-10-23(11-13-38)40-20(3)28(32(6)24-16-34-35-26(24)14-19(2)30(32)33)29(37-40)21-8-9-25-22(15-21)17-39(36-25)18-31(4,5)42/h7-9,14-17,23,30,42H,1,10-13,18H2,2-6H3,(H,34,35). The predicted octanol–water partition coefficient (Wildman–Crippen LogP) is 5.38. The Balaban J connectivity index is 1.50. The lowest BCUT2D eigenvalue weighted by Crippen LogP contribution is -2.39. The van der Waals surface area contributed by atoms with E-state index in [1.165, 1.54) is 6.08 Å². The molecule has 4 aromatic rings. The Hall–Kier alpha value is -3.69. The summed E-state index contributed by atoms with van der Waals surface area (Å²) >= 11 is 7.31. The fraction of sp³-hybridized carbons (Fsp3) is 0.438. The minimum Gasteiger partial charge on any atom is -0.389 e. The van der Waals surface area contributed by atoms with Crippen LogP contribution in [0.3, 0.4) is 0 Å². The maximum atomic E-state index is 12.2. The summed E-state index contributed by atoms with van der Waals surface area (Å²) < 4.78 is 3.95. The van der Waals surface area contributed by atoms with E-state index in [0.29, 0.717) is 19.6 Å². The quantitative estimate of drug-likeness (QED) is 0.233. The first kappa shape index (κ1) is 28.4. The summed E-state index contributed by atoms with van der Waals surface area (Å²) in [5, 5.41) is 28.6. The van der Waals surface area contributed by atoms with E-state index in [-0.39, 0.29) is 17.3 Å². The second-order valence-corrected chi connectivity index (χ2v) is 13.0. The average molecular weight is 588 g/mol. The summed E-state index contributed by atoms with van der Waals surface area (Å²) in [5.74, 6) is -0.0279. The fourth-order valence-electron chi connectivity index (χ4n) is 6.83. The van der Waals surface area contributed by atoms with Crippen molar-refractivity contribution < 1.29 is 9.90 Å². The van der Waals surface area contributed by atoms with Crippen molar-refractivity contribution in [2.45, 2.75) is 76.4 Å². The largest absolute Gasteiger partial charge is 0.389 e. The van der Waals surface area contributed by atoms with Gasteiger partial charge in [-0.3, -0.25) is 19.3 Å². The molecule has 2 aliphatic rings. The van der Waals surface area contributed by atoms with Crippen molar-refractivity contribution in [2.24, 2.45) is 0 Å². The number of carbonyl (C=O) groups is 1. The van der Waals surface area contributed by atoms with Crippen LogP contribution in [0, 0.1) is 6.92 Å². The Kier molecular flexibility index (Phi) is 6.93. The van der Waals surface area contributed by atoms with E-state index in [1.54, 1.807) is 18.5 Å². The number of aromatic nitrogens is 6. The van der Waals surface area contributed by atoms with Crippen LogP contribution in [0.25, 0.3) is 28.2 Å². The third-order valence-corrected chi connectivity index (χ3v) is 9.63. The molecule has 1 amide bonds. The maximum absolute atomic E-state index is 12.2. The lowest BCUT2D eigenvalue weighted by molar-refractivity contribution is -0.127. The Bertz CT molecular complexity index is 1710. The SMILES string of the molecule is C=CC(=O)N1CCC(n2nc(-c3ccc4nn(CC(C)(C)O)cc4c3)c(C3(C)c4cn[nH]c4C=C(C)C3Cl)c2C)CC1. The monoisotopic (exact) mass is 587 g/mol. The van der Waals surface area contributed by atoms with Gasteiger partial charge in [-0.15, -0.1) is 11.6 Å². The third-order valence-electron chi connectivity index (χ3n) is 8.85. The lowest BCUT2D eigenvalue weighted by Gasteiger charge is -2.38. The van der Waals surface area contributed by atoms with Gasteiger partial charge in [0.05, 0.1) is 46.7 Å². The van der Waals surface area contributed by atoms with Gasteiger partial charge in [0, 0.05) is 52.5 Å². The van der Waals surface area contributed by atoms with Gasteiger partial charge in [-0.2, -0.15) is 15.3 Å². The molecule has 2 atom stereocenters. The van der Waals surface area contributed by atoms with Crippen LogP contribution in [-0.2, 0) is 16.8 Å². The molecule has 4 heterocycles. The maximum Gasteiger partial charge on any atom is 0.245 e. The van der Waals surface area contributed by atoms with E-state index in [4.69, 9.17) is 16.7 Å². The Morgan fingerprint density at radius 2 is 2.00 bits per heavy atom. The van der Waals surface area contributed by atoms with E-state index in [0.717, 1.165) is 63.1 Å². The number of hydrogen-bond acceptors (Lipinski definition) is 5. The molecule has 9 nitrogen and oxygen atoms in total. The van der Waals surface area contributed by atoms with Crippen LogP contribution in [-0.4, -0.2) is 69.7 Å². The number of rotatable bonds is 6. The molecule has 0 bridgehead atoms. The number of nitrogens with zero attached hydrogens (tertiary/aromatic N) is 6. The van der Waals surface area contributed by atoms with Gasteiger partial charge in [0.1, 0.15) is 0 Å². The van der Waals surface area contributed by atoms with Crippen LogP contribution >= 0.6 is 11.6 Å². The molecule has 42 heavy (non-hydrogen) atoms. The van der Waals surface area contributed by atoms with E-state index >= 15 is 0 Å². The summed E-state index contributed by atoms with van der Waals surface area (Å²) in [5.41, 5.74) is 6.44. The molecule has 2 N–H and O–H groups in total. The molecule has 10 heteroatoms. The summed E-state index contributed by atoms with van der Waals surface area (Å²) in [7, 11) is 0. The number of nitrogens with one attached hydrogen (secondary N) is 1. The topological polar surface area (TPSA) is 105 Å². The second kappa shape index (κ2) is 10.2. The number of H-pyrrole nitrogens is 1. The minimum atomic E-state index is -0.877. The number of fused-ring (bicyclic) bond motifs is 2. The molecule has 3 aromatic heterocycles. The van der Waals surface area contributed by atoms with Gasteiger partial charge in [0.2, 0.25) is 5.91 Å². The zero-order valence-electron chi connectivity index (χ0n) is 24.9. The fourth-order valence-corrected chi connectivity index (χ4v) is 7.12. The van der Waals surface area contributed by atoms with Crippen molar-refractivity contribution in [3.8, 4) is 11.3 Å². The molecule has 1 aliphatic carbocycles. The number of amides is 1. The second-order valence-electron chi connectivity index (χ2n) is 12.6. The van der Waals surface area contributed by atoms with Crippen molar-refractivity contribution in [3.63, 3.8) is 0 Å². The number of piperidine rings is 1. The molecule has 1 aromatic carbocycles. The summed E-state index contributed by atoms with van der Waals surface area (Å²) in [4.78, 5) is 14.1. The van der Waals surface area contributed by atoms with E-state index in [1.807, 2.05) is 23.4 Å². The Morgan fingerprint density at radius 3 is 2.69 bits per heavy atom. The lowest BCUT2D eigenvalue weighted by atomic mass is 9.67. The molecule has 0 spiro atoms. The van der Waals surface area contributed by atoms with Gasteiger partial charge in [-0.1, -0.05) is 18.2 Å². The summed E-state index contributed by atoms with van der Waals surface area (Å²) in [6.07, 6.45) is 8.94. The van der Waals surface area contributed by atoms with Crippen molar-refractivity contribution >= 4 is 34.5 Å². The average Bonchev–Trinajstić information content (AvgIpc) is 3.67. The van der Waals surface area contributed by atoms with Crippen LogP contribution in [0.4, 0.5) is 0 Å². The van der Waals surface area contributed by atoms with Gasteiger partial charge in [-0.05, 0) is 71.7 Å². The first-order chi connectivity index (χ1) is 19.9. The van der Waals surface area contributed by atoms with Crippen molar-refractivity contribution in [2.75, 3.05) is 13.1 Å². The Labute approximate surface area is 250 Å². The van der Waals surface area contributed by atoms with Crippen LogP contribution in [0.5, 0.6) is 0 Å². The van der Waals surface area contributed by atoms with Gasteiger partial charge >= 0.3 is 0 Å². The normalized spacial score (nSPS) is 21.5. The first-order valence-corrected chi connectivity index (χ1v) is 14.9. The number of alkyl halides is 1. The molecule has 0 saturated carbocycles. The number of aromatic amines is 1. The van der Waals surface area contributed by atoms with Gasteiger partial charge < -0.3 is 10.0 Å². The highest BCUT2D eigenvalue weighted by molar-refractivity contribution is 6.24. The number of carbonyl (C=O) groups excluding carboxylic acids is 1. The highest BCUT2D eigenvalue weighted by atomic mass is 35.5. The Morgan fingerprint density at radius 1 is 1.26 bits per heavy atom. The van der Waals surface area contributed by atoms with Crippen LogP contribution in [0.1, 0.15) is 69.1 Å². The number of hydrogen-bond donors (Lipinski definition) is 2. The van der Waals surface area contributed by atoms with Crippen molar-refractivity contribution in [1.82, 2.24) is 34.7 Å². The molecule has 2 unspecified atom stereocenters. The van der Waals surface area contributed by atoms with Gasteiger partial charge in [-0.25, -0.2) is 0 Å². The predicted molar refractivity (Wildman–Crippen MR) is 165 cm³/mol.